The van der Waals surface area contributed by atoms with Gasteiger partial charge in [-0.25, -0.2) is 0 Å². The van der Waals surface area contributed by atoms with E-state index in [-0.39, 0.29) is 5.78 Å². The van der Waals surface area contributed by atoms with Crippen LogP contribution >= 0.6 is 15.9 Å². The monoisotopic (exact) mass is 328 g/mol. The van der Waals surface area contributed by atoms with Gasteiger partial charge in [0.1, 0.15) is 0 Å². The smallest absolute Gasteiger partial charge is 0.167 e. The van der Waals surface area contributed by atoms with Crippen LogP contribution in [0.4, 0.5) is 0 Å². The Kier molecular flexibility index (Phi) is 4.02. The van der Waals surface area contributed by atoms with Crippen LogP contribution in [-0.2, 0) is 6.42 Å². The molecule has 1 aliphatic carbocycles. The lowest BCUT2D eigenvalue weighted by Crippen LogP contribution is -2.09. The van der Waals surface area contributed by atoms with Crippen molar-refractivity contribution in [2.75, 3.05) is 0 Å². The van der Waals surface area contributed by atoms with E-state index in [2.05, 4.69) is 28.1 Å². The minimum Gasteiger partial charge on any atom is -0.294 e. The Hall–Kier alpha value is -1.41. The summed E-state index contributed by atoms with van der Waals surface area (Å²) in [5.74, 6) is 0.902. The second-order valence-electron chi connectivity index (χ2n) is 5.44. The van der Waals surface area contributed by atoms with Crippen molar-refractivity contribution < 1.29 is 4.79 Å². The molecule has 0 saturated heterocycles. The highest BCUT2D eigenvalue weighted by Gasteiger charge is 2.19. The molecule has 0 atom stereocenters. The molecule has 0 amide bonds. The van der Waals surface area contributed by atoms with Crippen LogP contribution in [0, 0.1) is 0 Å². The molecular weight excluding hydrogens is 312 g/mol. The van der Waals surface area contributed by atoms with Gasteiger partial charge in [0.05, 0.1) is 0 Å². The summed E-state index contributed by atoms with van der Waals surface area (Å²) in [5, 5.41) is 0. The zero-order chi connectivity index (χ0) is 13.9. The Balaban J connectivity index is 1.72. The highest BCUT2D eigenvalue weighted by Crippen LogP contribution is 2.36. The van der Waals surface area contributed by atoms with Gasteiger partial charge in [0.2, 0.25) is 0 Å². The average Bonchev–Trinajstić information content (AvgIpc) is 2.40. The number of halogens is 1. The summed E-state index contributed by atoms with van der Waals surface area (Å²) in [6.07, 6.45) is 4.38. The Morgan fingerprint density at radius 1 is 1.05 bits per heavy atom. The van der Waals surface area contributed by atoms with Crippen LogP contribution in [0.1, 0.15) is 46.7 Å². The van der Waals surface area contributed by atoms with Crippen molar-refractivity contribution in [1.29, 1.82) is 0 Å². The number of ketones is 1. The topological polar surface area (TPSA) is 17.1 Å². The number of hydrogen-bond donors (Lipinski definition) is 0. The first-order valence-corrected chi connectivity index (χ1v) is 7.90. The molecule has 0 aliphatic heterocycles. The molecule has 2 heteroatoms. The molecule has 2 aromatic rings. The minimum atomic E-state index is 0.178. The van der Waals surface area contributed by atoms with E-state index in [1.807, 2.05) is 36.4 Å². The van der Waals surface area contributed by atoms with Crippen LogP contribution in [-0.4, -0.2) is 5.78 Å². The molecule has 1 saturated carbocycles. The van der Waals surface area contributed by atoms with Crippen LogP contribution in [0.3, 0.4) is 0 Å². The van der Waals surface area contributed by atoms with Gasteiger partial charge in [-0.3, -0.25) is 4.79 Å². The summed E-state index contributed by atoms with van der Waals surface area (Å²) in [7, 11) is 0. The molecule has 0 unspecified atom stereocenters. The quantitative estimate of drug-likeness (QED) is 0.710. The molecule has 0 aromatic heterocycles. The average molecular weight is 329 g/mol. The van der Waals surface area contributed by atoms with Crippen LogP contribution < -0.4 is 0 Å². The Labute approximate surface area is 128 Å². The van der Waals surface area contributed by atoms with E-state index >= 15 is 0 Å². The maximum Gasteiger partial charge on any atom is 0.167 e. The minimum absolute atomic E-state index is 0.178. The Bertz CT molecular complexity index is 612. The third-order valence-corrected chi connectivity index (χ3v) is 4.89. The summed E-state index contributed by atoms with van der Waals surface area (Å²) in [5.41, 5.74) is 3.23. The number of benzene rings is 2. The van der Waals surface area contributed by atoms with E-state index < -0.39 is 0 Å². The SMILES string of the molecule is O=C(Cc1ccccc1Br)c1ccc(C2CCC2)cc1. The van der Waals surface area contributed by atoms with Gasteiger partial charge in [-0.1, -0.05) is 64.8 Å². The van der Waals surface area contributed by atoms with Crippen molar-refractivity contribution in [2.24, 2.45) is 0 Å². The highest BCUT2D eigenvalue weighted by atomic mass is 79.9. The van der Waals surface area contributed by atoms with Gasteiger partial charge in [-0.05, 0) is 36.0 Å². The summed E-state index contributed by atoms with van der Waals surface area (Å²) >= 11 is 3.49. The maximum absolute atomic E-state index is 12.3. The fourth-order valence-electron chi connectivity index (χ4n) is 2.60. The lowest BCUT2D eigenvalue weighted by molar-refractivity contribution is 0.0993. The fourth-order valence-corrected chi connectivity index (χ4v) is 3.02. The molecule has 0 spiro atoms. The largest absolute Gasteiger partial charge is 0.294 e. The van der Waals surface area contributed by atoms with Crippen molar-refractivity contribution in [1.82, 2.24) is 0 Å². The van der Waals surface area contributed by atoms with E-state index in [0.717, 1.165) is 21.5 Å². The van der Waals surface area contributed by atoms with Crippen LogP contribution in [0.2, 0.25) is 0 Å². The lowest BCUT2D eigenvalue weighted by Gasteiger charge is -2.25. The molecule has 0 bridgehead atoms. The molecular formula is C18H17BrO. The van der Waals surface area contributed by atoms with Crippen molar-refractivity contribution >= 4 is 21.7 Å². The summed E-state index contributed by atoms with van der Waals surface area (Å²) < 4.78 is 0.999. The highest BCUT2D eigenvalue weighted by molar-refractivity contribution is 9.10. The Morgan fingerprint density at radius 2 is 1.75 bits per heavy atom. The molecule has 2 aromatic carbocycles. The van der Waals surface area contributed by atoms with Gasteiger partial charge in [0.15, 0.2) is 5.78 Å². The first-order valence-electron chi connectivity index (χ1n) is 7.10. The zero-order valence-electron chi connectivity index (χ0n) is 11.3. The molecule has 0 N–H and O–H groups in total. The van der Waals surface area contributed by atoms with E-state index in [0.29, 0.717) is 6.42 Å². The molecule has 0 heterocycles. The number of hydrogen-bond acceptors (Lipinski definition) is 1. The first-order chi connectivity index (χ1) is 9.74. The van der Waals surface area contributed by atoms with Crippen LogP contribution in [0.15, 0.2) is 53.0 Å². The lowest BCUT2D eigenvalue weighted by atomic mass is 9.80. The fraction of sp³-hybridized carbons (Fsp3) is 0.278. The predicted molar refractivity (Wildman–Crippen MR) is 85.2 cm³/mol. The van der Waals surface area contributed by atoms with Gasteiger partial charge in [-0.2, -0.15) is 0 Å². The standard InChI is InChI=1S/C18H17BrO/c19-17-7-2-1-4-16(17)12-18(20)15-10-8-14(9-11-15)13-5-3-6-13/h1-2,4,7-11,13H,3,5-6,12H2. The maximum atomic E-state index is 12.3. The summed E-state index contributed by atoms with van der Waals surface area (Å²) in [4.78, 5) is 12.3. The predicted octanol–water partition coefficient (Wildman–Crippen LogP) is 5.14. The number of Topliss-reactive ketones (excluding diaryl/α,β-unsaturated/α-hetero) is 1. The van der Waals surface area contributed by atoms with Gasteiger partial charge in [0, 0.05) is 16.5 Å². The number of rotatable bonds is 4. The van der Waals surface area contributed by atoms with E-state index in [9.17, 15) is 4.79 Å². The number of carbonyl (C=O) groups is 1. The normalized spacial score (nSPS) is 14.8. The van der Waals surface area contributed by atoms with E-state index in [4.69, 9.17) is 0 Å². The first kappa shape index (κ1) is 13.6. The third kappa shape index (κ3) is 2.85. The Morgan fingerprint density at radius 3 is 2.35 bits per heavy atom. The summed E-state index contributed by atoms with van der Waals surface area (Å²) in [6, 6.07) is 16.1. The third-order valence-electron chi connectivity index (χ3n) is 4.12. The molecule has 0 radical (unpaired) electrons. The van der Waals surface area contributed by atoms with Crippen molar-refractivity contribution in [3.63, 3.8) is 0 Å². The zero-order valence-corrected chi connectivity index (χ0v) is 12.9. The van der Waals surface area contributed by atoms with E-state index in [1.165, 1.54) is 24.8 Å². The molecule has 1 nitrogen and oxygen atoms in total. The van der Waals surface area contributed by atoms with Gasteiger partial charge < -0.3 is 0 Å². The van der Waals surface area contributed by atoms with Gasteiger partial charge >= 0.3 is 0 Å². The number of carbonyl (C=O) groups excluding carboxylic acids is 1. The second-order valence-corrected chi connectivity index (χ2v) is 6.30. The van der Waals surface area contributed by atoms with E-state index in [1.54, 1.807) is 0 Å². The van der Waals surface area contributed by atoms with Gasteiger partial charge in [-0.15, -0.1) is 0 Å². The second kappa shape index (κ2) is 5.92. The molecule has 1 aliphatic rings. The summed E-state index contributed by atoms with van der Waals surface area (Å²) in [6.45, 7) is 0. The van der Waals surface area contributed by atoms with Crippen molar-refractivity contribution in [3.05, 3.63) is 69.7 Å². The molecule has 102 valence electrons. The van der Waals surface area contributed by atoms with Crippen molar-refractivity contribution in [3.8, 4) is 0 Å². The molecule has 3 rings (SSSR count). The van der Waals surface area contributed by atoms with Crippen LogP contribution in [0.25, 0.3) is 0 Å². The molecule has 1 fully saturated rings. The van der Waals surface area contributed by atoms with Gasteiger partial charge in [0.25, 0.3) is 0 Å². The van der Waals surface area contributed by atoms with Crippen LogP contribution in [0.5, 0.6) is 0 Å². The van der Waals surface area contributed by atoms with Crippen molar-refractivity contribution in [2.45, 2.75) is 31.6 Å². The molecule has 20 heavy (non-hydrogen) atoms.